The summed E-state index contributed by atoms with van der Waals surface area (Å²) in [5, 5.41) is 3.42. The van der Waals surface area contributed by atoms with Crippen molar-refractivity contribution in [2.75, 3.05) is 67.7 Å². The van der Waals surface area contributed by atoms with E-state index >= 15 is 0 Å². The lowest BCUT2D eigenvalue weighted by Crippen LogP contribution is -2.40. The van der Waals surface area contributed by atoms with E-state index in [1.807, 2.05) is 18.2 Å². The number of likely N-dealkylation sites (tertiary alicyclic amines) is 1. The first-order valence-electron chi connectivity index (χ1n) is 10.5. The maximum Gasteiger partial charge on any atom is 0.193 e. The van der Waals surface area contributed by atoms with Gasteiger partial charge in [0.1, 0.15) is 11.5 Å². The first-order chi connectivity index (χ1) is 14.1. The summed E-state index contributed by atoms with van der Waals surface area (Å²) < 4.78 is 16.0. The molecule has 0 radical (unpaired) electrons. The van der Waals surface area contributed by atoms with E-state index in [2.05, 4.69) is 29.1 Å². The van der Waals surface area contributed by atoms with Gasteiger partial charge in [0, 0.05) is 52.0 Å². The van der Waals surface area contributed by atoms with Crippen LogP contribution in [0.3, 0.4) is 0 Å². The number of hydrogen-bond acceptors (Lipinski definition) is 5. The Bertz CT molecular complexity index is 630. The Labute approximate surface area is 176 Å². The number of nitrogens with one attached hydrogen (secondary N) is 1. The van der Waals surface area contributed by atoms with E-state index in [-0.39, 0.29) is 0 Å². The van der Waals surface area contributed by atoms with Crippen LogP contribution in [0.25, 0.3) is 0 Å². The van der Waals surface area contributed by atoms with Crippen molar-refractivity contribution in [2.24, 2.45) is 10.9 Å². The van der Waals surface area contributed by atoms with Crippen molar-refractivity contribution in [2.45, 2.75) is 26.3 Å². The molecule has 29 heavy (non-hydrogen) atoms. The number of methoxy groups -OCH3 is 3. The smallest absolute Gasteiger partial charge is 0.193 e. The quantitative estimate of drug-likeness (QED) is 0.476. The molecule has 0 saturated carbocycles. The van der Waals surface area contributed by atoms with Crippen molar-refractivity contribution in [1.82, 2.24) is 15.1 Å². The van der Waals surface area contributed by atoms with Gasteiger partial charge in [0.25, 0.3) is 0 Å². The van der Waals surface area contributed by atoms with E-state index in [1.165, 1.54) is 12.8 Å². The third-order valence-electron chi connectivity index (χ3n) is 5.42. The highest BCUT2D eigenvalue weighted by atomic mass is 16.5. The molecule has 1 saturated heterocycles. The van der Waals surface area contributed by atoms with E-state index in [9.17, 15) is 0 Å². The minimum atomic E-state index is 0.645. The van der Waals surface area contributed by atoms with Crippen LogP contribution < -0.4 is 14.8 Å². The molecule has 7 heteroatoms. The molecule has 164 valence electrons. The average molecular weight is 407 g/mol. The van der Waals surface area contributed by atoms with E-state index < -0.39 is 0 Å². The van der Waals surface area contributed by atoms with Crippen LogP contribution in [0, 0.1) is 5.92 Å². The molecule has 1 aromatic carbocycles. The van der Waals surface area contributed by atoms with Crippen molar-refractivity contribution in [3.8, 4) is 11.5 Å². The molecule has 0 aromatic heterocycles. The molecule has 1 aliphatic rings. The zero-order chi connectivity index (χ0) is 21.1. The van der Waals surface area contributed by atoms with Crippen LogP contribution in [0.5, 0.6) is 11.5 Å². The maximum absolute atomic E-state index is 5.54. The van der Waals surface area contributed by atoms with Crippen molar-refractivity contribution < 1.29 is 14.2 Å². The van der Waals surface area contributed by atoms with Gasteiger partial charge >= 0.3 is 0 Å². The van der Waals surface area contributed by atoms with Gasteiger partial charge in [-0.25, -0.2) is 0 Å². The summed E-state index contributed by atoms with van der Waals surface area (Å²) in [7, 11) is 7.19. The second-order valence-electron chi connectivity index (χ2n) is 7.51. The van der Waals surface area contributed by atoms with Crippen LogP contribution in [0.2, 0.25) is 0 Å². The van der Waals surface area contributed by atoms with Crippen LogP contribution in [0.4, 0.5) is 0 Å². The normalized spacial score (nSPS) is 16.0. The summed E-state index contributed by atoms with van der Waals surface area (Å²) in [6.07, 6.45) is 2.39. The summed E-state index contributed by atoms with van der Waals surface area (Å²) in [5.41, 5.74) is 1.10. The van der Waals surface area contributed by atoms with Crippen LogP contribution in [-0.2, 0) is 11.3 Å². The lowest BCUT2D eigenvalue weighted by molar-refractivity contribution is 0.121. The third kappa shape index (κ3) is 7.40. The molecule has 2 rings (SSSR count). The Morgan fingerprint density at radius 3 is 2.59 bits per heavy atom. The molecule has 0 amide bonds. The second kappa shape index (κ2) is 12.5. The number of aliphatic imine (C=N–C) groups is 1. The molecule has 1 heterocycles. The molecule has 0 aliphatic carbocycles. The fraction of sp³-hybridized carbons (Fsp3) is 0.682. The average Bonchev–Trinajstić information content (AvgIpc) is 2.76. The van der Waals surface area contributed by atoms with Crippen LogP contribution in [0.15, 0.2) is 23.2 Å². The van der Waals surface area contributed by atoms with Gasteiger partial charge in [-0.05, 0) is 50.9 Å². The van der Waals surface area contributed by atoms with Gasteiger partial charge in [0.05, 0.1) is 20.8 Å². The fourth-order valence-electron chi connectivity index (χ4n) is 3.61. The zero-order valence-corrected chi connectivity index (χ0v) is 18.7. The Balaban J connectivity index is 1.94. The second-order valence-corrected chi connectivity index (χ2v) is 7.51. The van der Waals surface area contributed by atoms with Crippen molar-refractivity contribution in [1.29, 1.82) is 0 Å². The molecule has 1 aromatic rings. The lowest BCUT2D eigenvalue weighted by Gasteiger charge is -2.31. The van der Waals surface area contributed by atoms with Gasteiger partial charge in [0.2, 0.25) is 0 Å². The predicted octanol–water partition coefficient (Wildman–Crippen LogP) is 2.46. The van der Waals surface area contributed by atoms with Gasteiger partial charge in [-0.1, -0.05) is 0 Å². The highest BCUT2D eigenvalue weighted by Crippen LogP contribution is 2.25. The molecule has 0 bridgehead atoms. The third-order valence-corrected chi connectivity index (χ3v) is 5.42. The Kier molecular flexibility index (Phi) is 10.1. The summed E-state index contributed by atoms with van der Waals surface area (Å²) in [6.45, 7) is 8.65. The van der Waals surface area contributed by atoms with Crippen LogP contribution in [0.1, 0.15) is 25.3 Å². The Morgan fingerprint density at radius 2 is 1.97 bits per heavy atom. The highest BCUT2D eigenvalue weighted by molar-refractivity contribution is 5.79. The molecule has 0 unspecified atom stereocenters. The first kappa shape index (κ1) is 23.3. The van der Waals surface area contributed by atoms with Gasteiger partial charge in [-0.3, -0.25) is 4.99 Å². The minimum Gasteiger partial charge on any atom is -0.497 e. The monoisotopic (exact) mass is 406 g/mol. The largest absolute Gasteiger partial charge is 0.497 e. The molecule has 7 nitrogen and oxygen atoms in total. The van der Waals surface area contributed by atoms with E-state index in [4.69, 9.17) is 19.2 Å². The maximum atomic E-state index is 5.54. The zero-order valence-electron chi connectivity index (χ0n) is 18.7. The standard InChI is InChI=1S/C22H38N4O3/c1-6-23-22(24-16-18-9-11-26(12-10-18)13-14-27-3)25(2)17-19-7-8-20(28-4)15-21(19)29-5/h7-8,15,18H,6,9-14,16-17H2,1-5H3,(H,23,24). The Hall–Kier alpha value is -1.99. The number of guanidine groups is 1. The van der Waals surface area contributed by atoms with Crippen molar-refractivity contribution in [3.63, 3.8) is 0 Å². The molecular weight excluding hydrogens is 368 g/mol. The van der Waals surface area contributed by atoms with E-state index in [0.29, 0.717) is 12.5 Å². The summed E-state index contributed by atoms with van der Waals surface area (Å²) in [4.78, 5) is 9.57. The fourth-order valence-corrected chi connectivity index (χ4v) is 3.61. The number of benzene rings is 1. The van der Waals surface area contributed by atoms with E-state index in [1.54, 1.807) is 21.3 Å². The minimum absolute atomic E-state index is 0.645. The number of hydrogen-bond donors (Lipinski definition) is 1. The molecular formula is C22H38N4O3. The van der Waals surface area contributed by atoms with Gasteiger partial charge in [-0.2, -0.15) is 0 Å². The van der Waals surface area contributed by atoms with Crippen molar-refractivity contribution >= 4 is 5.96 Å². The summed E-state index contributed by atoms with van der Waals surface area (Å²) in [6, 6.07) is 5.94. The number of ether oxygens (including phenoxy) is 3. The Morgan fingerprint density at radius 1 is 1.21 bits per heavy atom. The lowest BCUT2D eigenvalue weighted by atomic mass is 9.97. The van der Waals surface area contributed by atoms with Gasteiger partial charge < -0.3 is 29.3 Å². The number of rotatable bonds is 10. The van der Waals surface area contributed by atoms with Crippen molar-refractivity contribution in [3.05, 3.63) is 23.8 Å². The number of piperidine rings is 1. The predicted molar refractivity (Wildman–Crippen MR) is 118 cm³/mol. The molecule has 1 fully saturated rings. The first-order valence-corrected chi connectivity index (χ1v) is 10.5. The van der Waals surface area contributed by atoms with E-state index in [0.717, 1.165) is 62.4 Å². The van der Waals surface area contributed by atoms with Crippen LogP contribution >= 0.6 is 0 Å². The molecule has 0 atom stereocenters. The highest BCUT2D eigenvalue weighted by Gasteiger charge is 2.19. The van der Waals surface area contributed by atoms with Crippen LogP contribution in [-0.4, -0.2) is 83.5 Å². The summed E-state index contributed by atoms with van der Waals surface area (Å²) >= 11 is 0. The topological polar surface area (TPSA) is 58.6 Å². The molecule has 1 N–H and O–H groups in total. The number of nitrogens with zero attached hydrogens (tertiary/aromatic N) is 3. The van der Waals surface area contributed by atoms with Gasteiger partial charge in [0.15, 0.2) is 5.96 Å². The summed E-state index contributed by atoms with van der Waals surface area (Å²) in [5.74, 6) is 3.21. The molecule has 0 spiro atoms. The van der Waals surface area contributed by atoms with Gasteiger partial charge in [-0.15, -0.1) is 0 Å². The molecule has 1 aliphatic heterocycles. The SMILES string of the molecule is CCNC(=NCC1CCN(CCOC)CC1)N(C)Cc1ccc(OC)cc1OC.